The van der Waals surface area contributed by atoms with Crippen LogP contribution >= 0.6 is 0 Å². The number of rotatable bonds is 4. The maximum atomic E-state index is 12.3. The molecule has 0 amide bonds. The standard InChI is InChI=1S/C11H16F2N4/c12-10(13)4-17-9(1-2-15-17)3-16-7-11(8-16)5-14-6-11/h1-2,10,14H,3-8H2. The van der Waals surface area contributed by atoms with E-state index in [1.54, 1.807) is 6.20 Å². The highest BCUT2D eigenvalue weighted by molar-refractivity contribution is 5.08. The van der Waals surface area contributed by atoms with Crippen molar-refractivity contribution in [1.29, 1.82) is 0 Å². The summed E-state index contributed by atoms with van der Waals surface area (Å²) in [7, 11) is 0. The second-order valence-electron chi connectivity index (χ2n) is 5.14. The highest BCUT2D eigenvalue weighted by Crippen LogP contribution is 2.34. The molecule has 0 unspecified atom stereocenters. The highest BCUT2D eigenvalue weighted by Gasteiger charge is 2.47. The summed E-state index contributed by atoms with van der Waals surface area (Å²) in [5.74, 6) is 0. The van der Waals surface area contributed by atoms with Crippen LogP contribution in [0.4, 0.5) is 8.78 Å². The van der Waals surface area contributed by atoms with Crippen LogP contribution < -0.4 is 5.32 Å². The summed E-state index contributed by atoms with van der Waals surface area (Å²) >= 11 is 0. The molecule has 0 aliphatic carbocycles. The summed E-state index contributed by atoms with van der Waals surface area (Å²) in [4.78, 5) is 2.29. The second-order valence-corrected chi connectivity index (χ2v) is 5.14. The molecule has 3 heterocycles. The number of halogens is 2. The van der Waals surface area contributed by atoms with Gasteiger partial charge in [0.2, 0.25) is 0 Å². The fourth-order valence-corrected chi connectivity index (χ4v) is 2.73. The molecule has 0 radical (unpaired) electrons. The zero-order valence-electron chi connectivity index (χ0n) is 9.57. The summed E-state index contributed by atoms with van der Waals surface area (Å²) in [6, 6.07) is 1.83. The van der Waals surface area contributed by atoms with Crippen LogP contribution in [-0.4, -0.2) is 47.3 Å². The van der Waals surface area contributed by atoms with Crippen molar-refractivity contribution in [2.24, 2.45) is 5.41 Å². The predicted octanol–water partition coefficient (Wildman–Crippen LogP) is 0.553. The molecule has 4 nitrogen and oxygen atoms in total. The van der Waals surface area contributed by atoms with Crippen LogP contribution in [0.1, 0.15) is 5.69 Å². The van der Waals surface area contributed by atoms with Gasteiger partial charge in [-0.15, -0.1) is 0 Å². The van der Waals surface area contributed by atoms with Gasteiger partial charge in [0.1, 0.15) is 6.54 Å². The third kappa shape index (κ3) is 2.07. The first-order valence-corrected chi connectivity index (χ1v) is 5.89. The molecule has 1 aromatic heterocycles. The van der Waals surface area contributed by atoms with Gasteiger partial charge in [-0.1, -0.05) is 0 Å². The van der Waals surface area contributed by atoms with Crippen molar-refractivity contribution < 1.29 is 8.78 Å². The molecule has 2 aliphatic rings. The normalized spacial score (nSPS) is 22.8. The van der Waals surface area contributed by atoms with E-state index in [1.165, 1.54) is 4.68 Å². The van der Waals surface area contributed by atoms with Crippen LogP contribution in [0.2, 0.25) is 0 Å². The largest absolute Gasteiger partial charge is 0.315 e. The average Bonchev–Trinajstić information content (AvgIpc) is 2.54. The Labute approximate surface area is 98.6 Å². The van der Waals surface area contributed by atoms with E-state index in [0.717, 1.165) is 38.4 Å². The van der Waals surface area contributed by atoms with Gasteiger partial charge < -0.3 is 5.32 Å². The minimum Gasteiger partial charge on any atom is -0.315 e. The molecule has 3 rings (SSSR count). The van der Waals surface area contributed by atoms with Crippen molar-refractivity contribution in [3.8, 4) is 0 Å². The van der Waals surface area contributed by atoms with Gasteiger partial charge in [0.15, 0.2) is 0 Å². The molecule has 1 aromatic rings. The fraction of sp³-hybridized carbons (Fsp3) is 0.727. The maximum Gasteiger partial charge on any atom is 0.257 e. The van der Waals surface area contributed by atoms with Crippen LogP contribution in [-0.2, 0) is 13.1 Å². The Hall–Kier alpha value is -1.01. The Morgan fingerprint density at radius 2 is 2.18 bits per heavy atom. The molecule has 0 atom stereocenters. The summed E-state index contributed by atoms with van der Waals surface area (Å²) in [6.07, 6.45) is -0.745. The van der Waals surface area contributed by atoms with Gasteiger partial charge in [0, 0.05) is 44.3 Å². The topological polar surface area (TPSA) is 33.1 Å². The van der Waals surface area contributed by atoms with E-state index >= 15 is 0 Å². The quantitative estimate of drug-likeness (QED) is 0.837. The van der Waals surface area contributed by atoms with Crippen LogP contribution in [0, 0.1) is 5.41 Å². The average molecular weight is 242 g/mol. The molecule has 0 aromatic carbocycles. The SMILES string of the molecule is FC(F)Cn1nccc1CN1CC2(CNC2)C1. The number of alkyl halides is 2. The Balaban J connectivity index is 1.56. The van der Waals surface area contributed by atoms with Gasteiger partial charge in [0.05, 0.1) is 5.69 Å². The minimum atomic E-state index is -2.34. The summed E-state index contributed by atoms with van der Waals surface area (Å²) < 4.78 is 26.0. The zero-order valence-corrected chi connectivity index (χ0v) is 9.57. The van der Waals surface area contributed by atoms with Crippen LogP contribution in [0.3, 0.4) is 0 Å². The van der Waals surface area contributed by atoms with Crippen molar-refractivity contribution in [2.45, 2.75) is 19.5 Å². The highest BCUT2D eigenvalue weighted by atomic mass is 19.3. The van der Waals surface area contributed by atoms with Gasteiger partial charge in [-0.3, -0.25) is 9.58 Å². The maximum absolute atomic E-state index is 12.3. The second kappa shape index (κ2) is 4.03. The lowest BCUT2D eigenvalue weighted by Crippen LogP contribution is -2.70. The van der Waals surface area contributed by atoms with Crippen LogP contribution in [0.25, 0.3) is 0 Å². The lowest BCUT2D eigenvalue weighted by Gasteiger charge is -2.56. The van der Waals surface area contributed by atoms with Crippen molar-refractivity contribution in [2.75, 3.05) is 26.2 Å². The molecule has 94 valence electrons. The number of nitrogens with one attached hydrogen (secondary N) is 1. The first-order valence-electron chi connectivity index (χ1n) is 5.89. The fourth-order valence-electron chi connectivity index (χ4n) is 2.73. The van der Waals surface area contributed by atoms with Gasteiger partial charge >= 0.3 is 0 Å². The van der Waals surface area contributed by atoms with E-state index < -0.39 is 6.43 Å². The van der Waals surface area contributed by atoms with Gasteiger partial charge in [-0.05, 0) is 6.07 Å². The van der Waals surface area contributed by atoms with Crippen LogP contribution in [0.15, 0.2) is 12.3 Å². The molecule has 2 saturated heterocycles. The van der Waals surface area contributed by atoms with Gasteiger partial charge in [0.25, 0.3) is 6.43 Å². The monoisotopic (exact) mass is 242 g/mol. The lowest BCUT2D eigenvalue weighted by molar-refractivity contribution is -0.0460. The van der Waals surface area contributed by atoms with Crippen LogP contribution in [0.5, 0.6) is 0 Å². The summed E-state index contributed by atoms with van der Waals surface area (Å²) in [6.45, 7) is 4.76. The molecule has 0 saturated carbocycles. The van der Waals surface area contributed by atoms with E-state index in [1.807, 2.05) is 6.07 Å². The number of nitrogens with zero attached hydrogens (tertiary/aromatic N) is 3. The van der Waals surface area contributed by atoms with Crippen molar-refractivity contribution >= 4 is 0 Å². The van der Waals surface area contributed by atoms with E-state index in [-0.39, 0.29) is 6.54 Å². The molecule has 1 N–H and O–H groups in total. The van der Waals surface area contributed by atoms with E-state index in [2.05, 4.69) is 15.3 Å². The minimum absolute atomic E-state index is 0.303. The number of likely N-dealkylation sites (tertiary alicyclic amines) is 1. The Morgan fingerprint density at radius 3 is 2.76 bits per heavy atom. The molecule has 2 fully saturated rings. The number of hydrogen-bond acceptors (Lipinski definition) is 3. The summed E-state index contributed by atoms with van der Waals surface area (Å²) in [5.41, 5.74) is 1.36. The molecule has 17 heavy (non-hydrogen) atoms. The van der Waals surface area contributed by atoms with E-state index in [0.29, 0.717) is 5.41 Å². The molecular formula is C11H16F2N4. The van der Waals surface area contributed by atoms with Gasteiger partial charge in [-0.2, -0.15) is 5.10 Å². The number of aromatic nitrogens is 2. The number of hydrogen-bond donors (Lipinski definition) is 1. The molecular weight excluding hydrogens is 226 g/mol. The predicted molar refractivity (Wildman–Crippen MR) is 58.8 cm³/mol. The first kappa shape index (κ1) is 11.1. The first-order chi connectivity index (χ1) is 8.17. The van der Waals surface area contributed by atoms with Crippen molar-refractivity contribution in [3.63, 3.8) is 0 Å². The molecule has 1 spiro atoms. The van der Waals surface area contributed by atoms with E-state index in [9.17, 15) is 8.78 Å². The third-order valence-corrected chi connectivity index (χ3v) is 3.62. The van der Waals surface area contributed by atoms with E-state index in [4.69, 9.17) is 0 Å². The summed E-state index contributed by atoms with van der Waals surface area (Å²) in [5, 5.41) is 7.21. The van der Waals surface area contributed by atoms with Crippen molar-refractivity contribution in [1.82, 2.24) is 20.0 Å². The zero-order chi connectivity index (χ0) is 11.9. The smallest absolute Gasteiger partial charge is 0.257 e. The Bertz CT molecular complexity index is 392. The molecule has 2 aliphatic heterocycles. The van der Waals surface area contributed by atoms with Crippen molar-refractivity contribution in [3.05, 3.63) is 18.0 Å². The molecule has 6 heteroatoms. The Kier molecular flexibility index (Phi) is 2.63. The third-order valence-electron chi connectivity index (χ3n) is 3.62. The molecule has 0 bridgehead atoms. The van der Waals surface area contributed by atoms with Gasteiger partial charge in [-0.25, -0.2) is 8.78 Å². The lowest BCUT2D eigenvalue weighted by atomic mass is 9.74. The Morgan fingerprint density at radius 1 is 1.41 bits per heavy atom.